The molecule has 219 valence electrons. The van der Waals surface area contributed by atoms with E-state index >= 15 is 0 Å². The number of allylic oxidation sites excluding steroid dienone is 7. The van der Waals surface area contributed by atoms with Crippen LogP contribution in [-0.2, 0) is 16.8 Å². The Morgan fingerprint density at radius 2 is 1.34 bits per heavy atom. The molecule has 1 N–H and O–H groups in total. The van der Waals surface area contributed by atoms with Crippen molar-refractivity contribution < 1.29 is 16.8 Å². The molecule has 0 aromatic heterocycles. The maximum absolute atomic E-state index is 5.24. The van der Waals surface area contributed by atoms with Gasteiger partial charge in [-0.05, 0) is 61.5 Å². The molecule has 0 saturated carbocycles. The van der Waals surface area contributed by atoms with Crippen LogP contribution in [0.2, 0.25) is 0 Å². The van der Waals surface area contributed by atoms with Crippen LogP contribution in [0.3, 0.4) is 0 Å². The van der Waals surface area contributed by atoms with Crippen molar-refractivity contribution in [2.75, 3.05) is 0 Å². The molecule has 0 spiro atoms. The topological polar surface area (TPSA) is 89.4 Å². The monoisotopic (exact) mass is 597 g/mol. The third-order valence-corrected chi connectivity index (χ3v) is 7.02. The Morgan fingerprint density at radius 3 is 1.93 bits per heavy atom. The van der Waals surface area contributed by atoms with E-state index in [1.807, 2.05) is 18.2 Å². The fourth-order valence-corrected chi connectivity index (χ4v) is 5.26. The van der Waals surface area contributed by atoms with Crippen LogP contribution in [-0.4, -0.2) is 45.2 Å². The van der Waals surface area contributed by atoms with Crippen molar-refractivity contribution in [2.24, 2.45) is 46.3 Å². The molecule has 9 heteroatoms. The van der Waals surface area contributed by atoms with Crippen LogP contribution >= 0.6 is 0 Å². The molecular weight excluding hydrogens is 555 g/mol. The van der Waals surface area contributed by atoms with Crippen LogP contribution < -0.4 is 5.43 Å². The molecule has 0 amide bonds. The molecule has 0 aromatic carbocycles. The molecule has 5 heterocycles. The molecule has 5 aliphatic rings. The van der Waals surface area contributed by atoms with E-state index < -0.39 is 0 Å². The summed E-state index contributed by atoms with van der Waals surface area (Å²) in [4.78, 5) is 27.3. The number of nitrogens with zero attached hydrogens (tertiary/aromatic N) is 7. The van der Waals surface area contributed by atoms with E-state index in [1.165, 1.54) is 5.57 Å². The largest absolute Gasteiger partial charge is 0.289 e. The second-order valence-corrected chi connectivity index (χ2v) is 14.9. The Balaban J connectivity index is 0.00000387. The van der Waals surface area contributed by atoms with E-state index in [2.05, 4.69) is 111 Å². The molecule has 0 atom stereocenters. The van der Waals surface area contributed by atoms with E-state index in [0.717, 1.165) is 45.6 Å². The second kappa shape index (κ2) is 9.98. The van der Waals surface area contributed by atoms with Crippen molar-refractivity contribution in [1.29, 1.82) is 0 Å². The normalized spacial score (nSPS) is 20.8. The first-order chi connectivity index (χ1) is 18.3. The zero-order chi connectivity index (χ0) is 29.4. The van der Waals surface area contributed by atoms with Crippen LogP contribution in [0.5, 0.6) is 0 Å². The zero-order valence-electron chi connectivity index (χ0n) is 26.4. The van der Waals surface area contributed by atoms with Crippen LogP contribution in [0, 0.1) is 16.2 Å². The van der Waals surface area contributed by atoms with Crippen LogP contribution in [0.25, 0.3) is 0 Å². The molecule has 0 aliphatic carbocycles. The fourth-order valence-electron chi connectivity index (χ4n) is 5.26. The summed E-state index contributed by atoms with van der Waals surface area (Å²) in [5.74, 6) is 1.72. The minimum atomic E-state index is -0.301. The summed E-state index contributed by atoms with van der Waals surface area (Å²) in [6, 6.07) is 0. The van der Waals surface area contributed by atoms with Gasteiger partial charge in [-0.25, -0.2) is 20.0 Å². The Labute approximate surface area is 255 Å². The van der Waals surface area contributed by atoms with Gasteiger partial charge in [0.15, 0.2) is 0 Å². The number of hydrogen-bond donors (Lipinski definition) is 1. The molecule has 41 heavy (non-hydrogen) atoms. The second-order valence-electron chi connectivity index (χ2n) is 14.9. The average Bonchev–Trinajstić information content (AvgIpc) is 3.53. The van der Waals surface area contributed by atoms with Crippen molar-refractivity contribution in [3.63, 3.8) is 0 Å². The summed E-state index contributed by atoms with van der Waals surface area (Å²) in [6.45, 7) is 26.3. The van der Waals surface area contributed by atoms with Gasteiger partial charge in [0, 0.05) is 39.4 Å². The van der Waals surface area contributed by atoms with Crippen molar-refractivity contribution in [1.82, 2.24) is 10.3 Å². The van der Waals surface area contributed by atoms with Crippen molar-refractivity contribution >= 4 is 34.8 Å². The predicted molar refractivity (Wildman–Crippen MR) is 168 cm³/mol. The van der Waals surface area contributed by atoms with E-state index in [-0.39, 0.29) is 38.6 Å². The summed E-state index contributed by atoms with van der Waals surface area (Å²) >= 11 is 0. The fraction of sp³-hybridized carbons (Fsp3) is 0.500. The summed E-state index contributed by atoms with van der Waals surface area (Å²) in [5, 5.41) is 4.59. The van der Waals surface area contributed by atoms with Gasteiger partial charge in [0.2, 0.25) is 0 Å². The third kappa shape index (κ3) is 5.92. The zero-order valence-corrected chi connectivity index (χ0v) is 27.4. The van der Waals surface area contributed by atoms with Gasteiger partial charge in [0.25, 0.3) is 11.9 Å². The van der Waals surface area contributed by atoms with Crippen molar-refractivity contribution in [3.05, 3.63) is 58.7 Å². The summed E-state index contributed by atoms with van der Waals surface area (Å²) in [5.41, 5.74) is 9.73. The van der Waals surface area contributed by atoms with Gasteiger partial charge in [0.05, 0.1) is 34.2 Å². The van der Waals surface area contributed by atoms with Gasteiger partial charge in [-0.3, -0.25) is 10.3 Å². The first-order valence-corrected chi connectivity index (χ1v) is 14.0. The molecule has 1 radical (unpaired) electrons. The molecule has 0 aromatic rings. The molecule has 5 rings (SSSR count). The number of guanidine groups is 2. The number of fused-ring (bicyclic) bond motifs is 5. The Bertz CT molecular complexity index is 1520. The number of nitrogens with one attached hydrogen (secondary N) is 1. The Morgan fingerprint density at radius 1 is 0.659 bits per heavy atom. The van der Waals surface area contributed by atoms with Gasteiger partial charge >= 0.3 is 0 Å². The van der Waals surface area contributed by atoms with Crippen LogP contribution in [0.4, 0.5) is 0 Å². The van der Waals surface area contributed by atoms with Gasteiger partial charge in [-0.1, -0.05) is 62.3 Å². The standard InChI is InChI=1S/C32H42N8.Co/c1-29(2,3)21-16-20-15-18-13-14-19(33-18)17-22-38-39-28(40(22)32(10,11)12)37-27-35-25(26(36-27)31(7,8)9)23(24(21)34-20)30(4,5)6;/h13-17,38H,1-12H3;. The van der Waals surface area contributed by atoms with Crippen LogP contribution in [0.15, 0.2) is 88.8 Å². The predicted octanol–water partition coefficient (Wildman–Crippen LogP) is 6.73. The van der Waals surface area contributed by atoms with Gasteiger partial charge in [0.1, 0.15) is 5.82 Å². The minimum absolute atomic E-state index is 0. The van der Waals surface area contributed by atoms with E-state index in [9.17, 15) is 0 Å². The minimum Gasteiger partial charge on any atom is -0.289 e. The maximum Gasteiger partial charge on any atom is 0.253 e. The van der Waals surface area contributed by atoms with Crippen LogP contribution in [0.1, 0.15) is 83.1 Å². The molecule has 8 nitrogen and oxygen atoms in total. The SMILES string of the molecule is CC(C)(C)C1=CC2=NC1=C(C(C)(C)C)C1=NC(=NC3=NNC(=CC4=NC(=C2)C=C4)N3C(C)(C)C)N=C1C(C)(C)C.[Co]. The molecule has 0 fully saturated rings. The summed E-state index contributed by atoms with van der Waals surface area (Å²) in [7, 11) is 0. The molecule has 8 bridgehead atoms. The third-order valence-electron chi connectivity index (χ3n) is 7.02. The number of hydrogen-bond acceptors (Lipinski definition) is 8. The number of aliphatic imine (C=N–C) groups is 5. The number of hydrazone groups is 1. The van der Waals surface area contributed by atoms with Gasteiger partial charge in [-0.2, -0.15) is 4.99 Å². The van der Waals surface area contributed by atoms with Gasteiger partial charge < -0.3 is 0 Å². The smallest absolute Gasteiger partial charge is 0.253 e. The van der Waals surface area contributed by atoms with E-state index in [4.69, 9.17) is 25.0 Å². The van der Waals surface area contributed by atoms with Crippen molar-refractivity contribution in [2.45, 2.75) is 88.6 Å². The first kappa shape index (κ1) is 30.8. The van der Waals surface area contributed by atoms with Gasteiger partial charge in [-0.15, -0.1) is 5.10 Å². The summed E-state index contributed by atoms with van der Waals surface area (Å²) < 4.78 is 0. The summed E-state index contributed by atoms with van der Waals surface area (Å²) in [6.07, 6.45) is 10.3. The molecule has 5 aliphatic heterocycles. The Hall–Kier alpha value is -3.17. The van der Waals surface area contributed by atoms with E-state index in [0.29, 0.717) is 11.9 Å². The van der Waals surface area contributed by atoms with E-state index in [1.54, 1.807) is 0 Å². The maximum atomic E-state index is 5.24. The molecule has 0 unspecified atom stereocenters. The Kier molecular flexibility index (Phi) is 7.49. The number of rotatable bonds is 0. The quantitative estimate of drug-likeness (QED) is 0.336. The molecular formula is C32H42CoN8. The average molecular weight is 598 g/mol. The molecule has 0 saturated heterocycles. The van der Waals surface area contributed by atoms with Crippen molar-refractivity contribution in [3.8, 4) is 0 Å². The first-order valence-electron chi connectivity index (χ1n) is 14.0.